The van der Waals surface area contributed by atoms with Gasteiger partial charge < -0.3 is 10.6 Å². The minimum atomic E-state index is -2.95. The Morgan fingerprint density at radius 2 is 1.88 bits per heavy atom. The van der Waals surface area contributed by atoms with Gasteiger partial charge in [-0.05, 0) is 19.3 Å². The zero-order chi connectivity index (χ0) is 12.5. The summed E-state index contributed by atoms with van der Waals surface area (Å²) in [6, 6.07) is 0. The van der Waals surface area contributed by atoms with Crippen LogP contribution < -0.4 is 5.73 Å². The molecule has 0 atom stereocenters. The normalized spacial score (nSPS) is 27.0. The standard InChI is InChI=1S/C11H20N2O3S/c12-9-11(3-1-4-11)10(14)13-5-2-7-17(15,16)8-6-13/h1-9,12H2. The second-order valence-corrected chi connectivity index (χ2v) is 7.44. The lowest BCUT2D eigenvalue weighted by atomic mass is 9.68. The molecule has 0 bridgehead atoms. The van der Waals surface area contributed by atoms with Crippen molar-refractivity contribution < 1.29 is 13.2 Å². The topological polar surface area (TPSA) is 80.5 Å². The third-order valence-corrected chi connectivity index (χ3v) is 5.71. The van der Waals surface area contributed by atoms with Crippen LogP contribution in [0.15, 0.2) is 0 Å². The molecule has 1 saturated carbocycles. The summed E-state index contributed by atoms with van der Waals surface area (Å²) in [7, 11) is -2.95. The fraction of sp³-hybridized carbons (Fsp3) is 0.909. The smallest absolute Gasteiger partial charge is 0.230 e. The van der Waals surface area contributed by atoms with Gasteiger partial charge in [-0.3, -0.25) is 4.79 Å². The molecule has 1 amide bonds. The van der Waals surface area contributed by atoms with E-state index in [1.807, 2.05) is 0 Å². The molecule has 0 unspecified atom stereocenters. The van der Waals surface area contributed by atoms with Gasteiger partial charge in [-0.25, -0.2) is 8.42 Å². The highest BCUT2D eigenvalue weighted by Crippen LogP contribution is 2.41. The number of carbonyl (C=O) groups is 1. The van der Waals surface area contributed by atoms with Gasteiger partial charge in [0.2, 0.25) is 5.91 Å². The molecule has 1 heterocycles. The number of sulfone groups is 1. The lowest BCUT2D eigenvalue weighted by molar-refractivity contribution is -0.146. The molecular formula is C11H20N2O3S. The molecule has 1 aliphatic heterocycles. The van der Waals surface area contributed by atoms with E-state index in [0.29, 0.717) is 26.1 Å². The van der Waals surface area contributed by atoms with Crippen molar-refractivity contribution in [1.82, 2.24) is 4.90 Å². The first-order chi connectivity index (χ1) is 7.99. The maximum atomic E-state index is 12.3. The van der Waals surface area contributed by atoms with Gasteiger partial charge in [0.1, 0.15) is 0 Å². The molecule has 0 aromatic heterocycles. The van der Waals surface area contributed by atoms with Gasteiger partial charge in [0.05, 0.1) is 16.9 Å². The van der Waals surface area contributed by atoms with Crippen LogP contribution >= 0.6 is 0 Å². The Morgan fingerprint density at radius 1 is 1.18 bits per heavy atom. The van der Waals surface area contributed by atoms with Crippen LogP contribution in [-0.2, 0) is 14.6 Å². The molecule has 6 heteroatoms. The summed E-state index contributed by atoms with van der Waals surface area (Å²) in [5.74, 6) is 0.370. The molecule has 2 fully saturated rings. The number of carbonyl (C=O) groups excluding carboxylic acids is 1. The van der Waals surface area contributed by atoms with Crippen LogP contribution in [0.2, 0.25) is 0 Å². The molecule has 0 aromatic rings. The zero-order valence-corrected chi connectivity index (χ0v) is 10.8. The average molecular weight is 260 g/mol. The zero-order valence-electron chi connectivity index (χ0n) is 10.0. The van der Waals surface area contributed by atoms with E-state index < -0.39 is 9.84 Å². The highest BCUT2D eigenvalue weighted by Gasteiger charge is 2.45. The van der Waals surface area contributed by atoms with Crippen molar-refractivity contribution in [2.24, 2.45) is 11.1 Å². The Bertz CT molecular complexity index is 395. The van der Waals surface area contributed by atoms with E-state index in [2.05, 4.69) is 0 Å². The maximum Gasteiger partial charge on any atom is 0.230 e. The molecular weight excluding hydrogens is 240 g/mol. The number of amides is 1. The van der Waals surface area contributed by atoms with Crippen molar-refractivity contribution in [3.05, 3.63) is 0 Å². The fourth-order valence-corrected chi connectivity index (χ4v) is 3.86. The van der Waals surface area contributed by atoms with Crippen molar-refractivity contribution in [1.29, 1.82) is 0 Å². The van der Waals surface area contributed by atoms with Crippen LogP contribution in [0, 0.1) is 5.41 Å². The second-order valence-electron chi connectivity index (χ2n) is 5.14. The van der Waals surface area contributed by atoms with E-state index >= 15 is 0 Å². The molecule has 1 aliphatic carbocycles. The summed E-state index contributed by atoms with van der Waals surface area (Å²) >= 11 is 0. The SMILES string of the molecule is NCC1(C(=O)N2CCCS(=O)(=O)CC2)CCC1. The Labute approximate surface area is 102 Å². The molecule has 5 nitrogen and oxygen atoms in total. The van der Waals surface area contributed by atoms with Crippen molar-refractivity contribution in [3.63, 3.8) is 0 Å². The second kappa shape index (κ2) is 4.57. The predicted molar refractivity (Wildman–Crippen MR) is 65.2 cm³/mol. The number of hydrogen-bond acceptors (Lipinski definition) is 4. The van der Waals surface area contributed by atoms with E-state index in [1.165, 1.54) is 0 Å². The molecule has 17 heavy (non-hydrogen) atoms. The third-order valence-electron chi connectivity index (χ3n) is 4.00. The number of nitrogens with two attached hydrogens (primary N) is 1. The van der Waals surface area contributed by atoms with Crippen LogP contribution in [0.3, 0.4) is 0 Å². The number of rotatable bonds is 2. The van der Waals surface area contributed by atoms with Gasteiger partial charge in [0.15, 0.2) is 9.84 Å². The summed E-state index contributed by atoms with van der Waals surface area (Å²) in [5, 5.41) is 0. The maximum absolute atomic E-state index is 12.3. The summed E-state index contributed by atoms with van der Waals surface area (Å²) in [6.07, 6.45) is 3.31. The number of nitrogens with zero attached hydrogens (tertiary/aromatic N) is 1. The Balaban J connectivity index is 2.05. The monoisotopic (exact) mass is 260 g/mol. The summed E-state index contributed by atoms with van der Waals surface area (Å²) in [5.41, 5.74) is 5.32. The molecule has 98 valence electrons. The van der Waals surface area contributed by atoms with Crippen LogP contribution in [0.4, 0.5) is 0 Å². The molecule has 1 saturated heterocycles. The van der Waals surface area contributed by atoms with Gasteiger partial charge in [-0.15, -0.1) is 0 Å². The first-order valence-corrected chi connectivity index (χ1v) is 8.01. The van der Waals surface area contributed by atoms with Crippen LogP contribution in [-0.4, -0.2) is 50.4 Å². The third kappa shape index (κ3) is 2.47. The Hall–Kier alpha value is -0.620. The summed E-state index contributed by atoms with van der Waals surface area (Å²) in [6.45, 7) is 1.28. The quantitative estimate of drug-likeness (QED) is 0.743. The van der Waals surface area contributed by atoms with Crippen molar-refractivity contribution in [3.8, 4) is 0 Å². The largest absolute Gasteiger partial charge is 0.341 e. The first-order valence-electron chi connectivity index (χ1n) is 6.19. The van der Waals surface area contributed by atoms with E-state index in [0.717, 1.165) is 19.3 Å². The van der Waals surface area contributed by atoms with E-state index in [1.54, 1.807) is 4.90 Å². The highest BCUT2D eigenvalue weighted by atomic mass is 32.2. The predicted octanol–water partition coefficient (Wildman–Crippen LogP) is -0.237. The summed E-state index contributed by atoms with van der Waals surface area (Å²) < 4.78 is 23.0. The van der Waals surface area contributed by atoms with Gasteiger partial charge in [0.25, 0.3) is 0 Å². The van der Waals surface area contributed by atoms with Crippen LogP contribution in [0.5, 0.6) is 0 Å². The lowest BCUT2D eigenvalue weighted by Gasteiger charge is -2.42. The first kappa shape index (κ1) is 12.8. The van der Waals surface area contributed by atoms with Crippen molar-refractivity contribution in [2.45, 2.75) is 25.7 Å². The molecule has 0 aromatic carbocycles. The average Bonchev–Trinajstić information content (AvgIpc) is 2.38. The highest BCUT2D eigenvalue weighted by molar-refractivity contribution is 7.91. The van der Waals surface area contributed by atoms with Crippen molar-refractivity contribution in [2.75, 3.05) is 31.1 Å². The van der Waals surface area contributed by atoms with Crippen LogP contribution in [0.25, 0.3) is 0 Å². The van der Waals surface area contributed by atoms with Gasteiger partial charge in [-0.1, -0.05) is 6.42 Å². The van der Waals surface area contributed by atoms with E-state index in [-0.39, 0.29) is 22.8 Å². The molecule has 2 aliphatic rings. The molecule has 0 spiro atoms. The molecule has 2 N–H and O–H groups in total. The molecule has 2 rings (SSSR count). The Morgan fingerprint density at radius 3 is 2.41 bits per heavy atom. The van der Waals surface area contributed by atoms with Gasteiger partial charge in [-0.2, -0.15) is 0 Å². The fourth-order valence-electron chi connectivity index (χ4n) is 2.59. The minimum Gasteiger partial charge on any atom is -0.341 e. The van der Waals surface area contributed by atoms with Gasteiger partial charge >= 0.3 is 0 Å². The number of hydrogen-bond donors (Lipinski definition) is 1. The lowest BCUT2D eigenvalue weighted by Crippen LogP contribution is -2.52. The van der Waals surface area contributed by atoms with E-state index in [9.17, 15) is 13.2 Å². The Kier molecular flexibility index (Phi) is 3.45. The molecule has 0 radical (unpaired) electrons. The van der Waals surface area contributed by atoms with E-state index in [4.69, 9.17) is 5.73 Å². The van der Waals surface area contributed by atoms with Crippen molar-refractivity contribution >= 4 is 15.7 Å². The van der Waals surface area contributed by atoms with Gasteiger partial charge in [0, 0.05) is 19.6 Å². The summed E-state index contributed by atoms with van der Waals surface area (Å²) in [4.78, 5) is 14.1. The van der Waals surface area contributed by atoms with Crippen LogP contribution in [0.1, 0.15) is 25.7 Å². The minimum absolute atomic E-state index is 0.0725.